The lowest BCUT2D eigenvalue weighted by Crippen LogP contribution is -2.18. The smallest absolute Gasteiger partial charge is 0.295 e. The Kier molecular flexibility index (Phi) is 2.68. The van der Waals surface area contributed by atoms with Crippen LogP contribution in [0.4, 0.5) is 0 Å². The van der Waals surface area contributed by atoms with Crippen molar-refractivity contribution in [2.75, 3.05) is 0 Å². The second-order valence-electron chi connectivity index (χ2n) is 3.19. The summed E-state index contributed by atoms with van der Waals surface area (Å²) in [5.41, 5.74) is 0.947. The van der Waals surface area contributed by atoms with Gasteiger partial charge >= 0.3 is 0 Å². The van der Waals surface area contributed by atoms with Gasteiger partial charge in [0, 0.05) is 11.5 Å². The maximum atomic E-state index is 11.2. The van der Waals surface area contributed by atoms with Crippen molar-refractivity contribution in [2.45, 2.75) is 11.7 Å². The highest BCUT2D eigenvalue weighted by Crippen LogP contribution is 2.23. The number of rotatable bonds is 3. The van der Waals surface area contributed by atoms with Crippen LogP contribution in [-0.2, 0) is 16.6 Å². The van der Waals surface area contributed by atoms with Gasteiger partial charge in [-0.2, -0.15) is 0 Å². The van der Waals surface area contributed by atoms with Gasteiger partial charge in [-0.25, -0.2) is 8.42 Å². The van der Waals surface area contributed by atoms with Crippen LogP contribution in [0, 0.1) is 0 Å². The maximum absolute atomic E-state index is 11.2. The van der Waals surface area contributed by atoms with E-state index in [1.54, 1.807) is 12.1 Å². The van der Waals surface area contributed by atoms with Gasteiger partial charge in [0.2, 0.25) is 5.09 Å². The predicted octanol–water partition coefficient (Wildman–Crippen LogP) is 0.593. The fraction of sp³-hybridized carbons (Fsp3) is 0.111. The Morgan fingerprint density at radius 2 is 2.06 bits per heavy atom. The predicted molar refractivity (Wildman–Crippen MR) is 54.2 cm³/mol. The molecule has 0 aliphatic carbocycles. The van der Waals surface area contributed by atoms with Crippen molar-refractivity contribution in [3.8, 4) is 0 Å². The van der Waals surface area contributed by atoms with Crippen LogP contribution in [-0.4, -0.2) is 18.7 Å². The number of aliphatic hydroxyl groups is 1. The molecule has 0 amide bonds. The lowest BCUT2D eigenvalue weighted by atomic mass is 10.2. The summed E-state index contributed by atoms with van der Waals surface area (Å²) in [7, 11) is -4.00. The zero-order valence-corrected chi connectivity index (χ0v) is 8.86. The summed E-state index contributed by atoms with van der Waals surface area (Å²) >= 11 is 0. The van der Waals surface area contributed by atoms with Gasteiger partial charge in [0.1, 0.15) is 5.58 Å². The number of benzene rings is 1. The van der Waals surface area contributed by atoms with E-state index in [4.69, 9.17) is 14.7 Å². The van der Waals surface area contributed by atoms with Crippen LogP contribution >= 0.6 is 0 Å². The molecular formula is C9H9NO5S. The second-order valence-corrected chi connectivity index (χ2v) is 4.78. The molecule has 2 rings (SSSR count). The molecule has 0 unspecified atom stereocenters. The summed E-state index contributed by atoms with van der Waals surface area (Å²) in [5, 5.41) is 17.5. The fourth-order valence-electron chi connectivity index (χ4n) is 1.33. The first-order valence-electron chi connectivity index (χ1n) is 4.36. The molecule has 86 valence electrons. The van der Waals surface area contributed by atoms with Crippen molar-refractivity contribution in [3.63, 3.8) is 0 Å². The highest BCUT2D eigenvalue weighted by molar-refractivity contribution is 7.89. The molecule has 0 aliphatic heterocycles. The molecule has 1 heterocycles. The van der Waals surface area contributed by atoms with E-state index in [1.807, 2.05) is 0 Å². The topological polar surface area (TPSA) is 99.8 Å². The minimum absolute atomic E-state index is 0.156. The molecule has 1 aromatic carbocycles. The molecule has 16 heavy (non-hydrogen) atoms. The molecular weight excluding hydrogens is 234 g/mol. The van der Waals surface area contributed by atoms with Crippen LogP contribution in [0.25, 0.3) is 11.0 Å². The largest absolute Gasteiger partial charge is 0.443 e. The Bertz CT molecular complexity index is 616. The molecule has 0 radical (unpaired) electrons. The van der Waals surface area contributed by atoms with E-state index in [0.717, 1.165) is 0 Å². The average Bonchev–Trinajstić information content (AvgIpc) is 2.72. The molecule has 0 bridgehead atoms. The van der Waals surface area contributed by atoms with Gasteiger partial charge in [0.05, 0.1) is 6.61 Å². The highest BCUT2D eigenvalue weighted by Gasteiger charge is 2.18. The molecule has 7 heteroatoms. The van der Waals surface area contributed by atoms with E-state index in [9.17, 15) is 8.42 Å². The Hall–Kier alpha value is -1.41. The van der Waals surface area contributed by atoms with Gasteiger partial charge in [-0.3, -0.25) is 0 Å². The van der Waals surface area contributed by atoms with E-state index >= 15 is 0 Å². The van der Waals surface area contributed by atoms with Gasteiger partial charge in [0.15, 0.2) is 0 Å². The molecule has 0 fully saturated rings. The quantitative estimate of drug-likeness (QED) is 0.685. The molecule has 0 saturated heterocycles. The summed E-state index contributed by atoms with van der Waals surface area (Å²) in [4.78, 5) is 1.18. The molecule has 3 N–H and O–H groups in total. The summed E-state index contributed by atoms with van der Waals surface area (Å²) in [6.45, 7) is -0.156. The minimum Gasteiger partial charge on any atom is -0.443 e. The molecule has 0 aliphatic rings. The summed E-state index contributed by atoms with van der Waals surface area (Å²) in [6, 6.07) is 6.10. The Morgan fingerprint density at radius 3 is 2.69 bits per heavy atom. The Labute approximate surface area is 91.1 Å². The standard InChI is InChI=1S/C9H9NO5S/c11-5-6-1-2-7-4-9(15-8(7)3-6)16(13,14)10-12/h1-4,10-12H,5H2. The average molecular weight is 243 g/mol. The van der Waals surface area contributed by atoms with E-state index < -0.39 is 10.0 Å². The van der Waals surface area contributed by atoms with Crippen LogP contribution in [0.15, 0.2) is 33.8 Å². The third-order valence-electron chi connectivity index (χ3n) is 2.13. The lowest BCUT2D eigenvalue weighted by molar-refractivity contribution is 0.239. The number of furan rings is 1. The molecule has 0 spiro atoms. The van der Waals surface area contributed by atoms with Crippen LogP contribution in [0.3, 0.4) is 0 Å². The number of nitrogens with one attached hydrogen (secondary N) is 1. The monoisotopic (exact) mass is 243 g/mol. The first kappa shape index (κ1) is 11.1. The number of fused-ring (bicyclic) bond motifs is 1. The molecule has 0 saturated carbocycles. The van der Waals surface area contributed by atoms with Crippen molar-refractivity contribution in [3.05, 3.63) is 29.8 Å². The van der Waals surface area contributed by atoms with Crippen molar-refractivity contribution in [1.82, 2.24) is 4.89 Å². The van der Waals surface area contributed by atoms with Crippen molar-refractivity contribution in [1.29, 1.82) is 0 Å². The van der Waals surface area contributed by atoms with Gasteiger partial charge in [-0.05, 0) is 11.6 Å². The van der Waals surface area contributed by atoms with Crippen molar-refractivity contribution in [2.24, 2.45) is 0 Å². The summed E-state index contributed by atoms with van der Waals surface area (Å²) in [6.07, 6.45) is 0. The number of sulfonamides is 1. The van der Waals surface area contributed by atoms with Crippen LogP contribution in [0.2, 0.25) is 0 Å². The van der Waals surface area contributed by atoms with Gasteiger partial charge in [-0.1, -0.05) is 17.0 Å². The molecule has 6 nitrogen and oxygen atoms in total. The Balaban J connectivity index is 2.61. The van der Waals surface area contributed by atoms with Crippen molar-refractivity contribution >= 4 is 21.0 Å². The fourth-order valence-corrected chi connectivity index (χ4v) is 1.90. The number of aliphatic hydroxyl groups excluding tert-OH is 1. The first-order chi connectivity index (χ1) is 7.56. The number of hydrogen-bond acceptors (Lipinski definition) is 5. The van der Waals surface area contributed by atoms with Crippen LogP contribution in [0.1, 0.15) is 5.56 Å². The second kappa shape index (κ2) is 3.87. The first-order valence-corrected chi connectivity index (χ1v) is 5.84. The van der Waals surface area contributed by atoms with Crippen LogP contribution in [0.5, 0.6) is 0 Å². The zero-order valence-electron chi connectivity index (χ0n) is 8.04. The van der Waals surface area contributed by atoms with E-state index in [1.165, 1.54) is 17.0 Å². The molecule has 2 aromatic rings. The van der Waals surface area contributed by atoms with Gasteiger partial charge < -0.3 is 14.7 Å². The van der Waals surface area contributed by atoms with E-state index in [0.29, 0.717) is 16.5 Å². The summed E-state index contributed by atoms with van der Waals surface area (Å²) < 4.78 is 27.5. The van der Waals surface area contributed by atoms with Gasteiger partial charge in [0.25, 0.3) is 10.0 Å². The van der Waals surface area contributed by atoms with Crippen molar-refractivity contribution < 1.29 is 23.1 Å². The minimum atomic E-state index is -4.00. The van der Waals surface area contributed by atoms with E-state index in [-0.39, 0.29) is 11.7 Å². The molecule has 0 atom stereocenters. The zero-order chi connectivity index (χ0) is 11.8. The Morgan fingerprint density at radius 1 is 1.31 bits per heavy atom. The number of hydrogen-bond donors (Lipinski definition) is 3. The maximum Gasteiger partial charge on any atom is 0.295 e. The van der Waals surface area contributed by atoms with Crippen LogP contribution < -0.4 is 4.89 Å². The third-order valence-corrected chi connectivity index (χ3v) is 3.10. The normalized spacial score (nSPS) is 12.1. The summed E-state index contributed by atoms with van der Waals surface area (Å²) in [5.74, 6) is 0. The lowest BCUT2D eigenvalue weighted by Gasteiger charge is -1.94. The van der Waals surface area contributed by atoms with Gasteiger partial charge in [-0.15, -0.1) is 0 Å². The third kappa shape index (κ3) is 1.81. The molecule has 1 aromatic heterocycles. The van der Waals surface area contributed by atoms with E-state index in [2.05, 4.69) is 0 Å². The highest BCUT2D eigenvalue weighted by atomic mass is 32.2. The SMILES string of the molecule is O=S(=O)(NO)c1cc2ccc(CO)cc2o1.